The van der Waals surface area contributed by atoms with E-state index in [4.69, 9.17) is 14.0 Å². The first-order valence-electron chi connectivity index (χ1n) is 6.93. The third kappa shape index (κ3) is 4.34. The van der Waals surface area contributed by atoms with Crippen LogP contribution >= 0.6 is 0 Å². The van der Waals surface area contributed by atoms with Crippen LogP contribution in [0.15, 0.2) is 53.4 Å². The minimum Gasteiger partial charge on any atom is -0.493 e. The molecule has 0 fully saturated rings. The maximum absolute atomic E-state index is 12.3. The highest BCUT2D eigenvalue weighted by Gasteiger charge is 2.19. The van der Waals surface area contributed by atoms with Crippen LogP contribution in [0.5, 0.6) is 11.5 Å². The van der Waals surface area contributed by atoms with Crippen LogP contribution in [-0.2, 0) is 10.1 Å². The number of methoxy groups -OCH3 is 1. The highest BCUT2D eigenvalue weighted by Crippen LogP contribution is 2.31. The Bertz CT molecular complexity index is 792. The van der Waals surface area contributed by atoms with Crippen molar-refractivity contribution < 1.29 is 22.4 Å². The second-order valence-electron chi connectivity index (χ2n) is 4.85. The number of benzene rings is 2. The summed E-state index contributed by atoms with van der Waals surface area (Å²) in [6, 6.07) is 11.2. The summed E-state index contributed by atoms with van der Waals surface area (Å²) < 4.78 is 35.0. The number of aliphatic hydroxyl groups excluding tert-OH is 1. The van der Waals surface area contributed by atoms with Gasteiger partial charge >= 0.3 is 10.1 Å². The van der Waals surface area contributed by atoms with Crippen molar-refractivity contribution in [3.8, 4) is 11.5 Å². The van der Waals surface area contributed by atoms with Gasteiger partial charge in [0.05, 0.1) is 13.7 Å². The van der Waals surface area contributed by atoms with Gasteiger partial charge in [-0.2, -0.15) is 8.42 Å². The van der Waals surface area contributed by atoms with Crippen molar-refractivity contribution in [3.05, 3.63) is 59.7 Å². The van der Waals surface area contributed by atoms with Crippen molar-refractivity contribution in [2.45, 2.75) is 11.8 Å². The zero-order valence-corrected chi connectivity index (χ0v) is 13.7. The van der Waals surface area contributed by atoms with Crippen LogP contribution in [-0.4, -0.2) is 27.2 Å². The molecule has 23 heavy (non-hydrogen) atoms. The van der Waals surface area contributed by atoms with E-state index in [0.717, 1.165) is 11.1 Å². The van der Waals surface area contributed by atoms with Crippen LogP contribution in [0, 0.1) is 6.92 Å². The monoisotopic (exact) mass is 334 g/mol. The predicted octanol–water partition coefficient (Wildman–Crippen LogP) is 2.78. The number of aryl methyl sites for hydroxylation is 1. The molecule has 0 saturated carbocycles. The van der Waals surface area contributed by atoms with Gasteiger partial charge in [0.25, 0.3) is 0 Å². The zero-order valence-electron chi connectivity index (χ0n) is 12.9. The summed E-state index contributed by atoms with van der Waals surface area (Å²) in [5.41, 5.74) is 1.72. The van der Waals surface area contributed by atoms with E-state index in [0.29, 0.717) is 5.75 Å². The molecule has 0 aliphatic rings. The molecule has 0 unspecified atom stereocenters. The van der Waals surface area contributed by atoms with Crippen molar-refractivity contribution in [1.29, 1.82) is 0 Å². The van der Waals surface area contributed by atoms with Gasteiger partial charge in [-0.3, -0.25) is 0 Å². The molecule has 0 heterocycles. The van der Waals surface area contributed by atoms with E-state index in [1.807, 2.05) is 6.92 Å². The zero-order chi connectivity index (χ0) is 16.9. The van der Waals surface area contributed by atoms with Crippen LogP contribution < -0.4 is 8.92 Å². The minimum absolute atomic E-state index is 0.0782. The Kier molecular flexibility index (Phi) is 5.41. The first kappa shape index (κ1) is 17.1. The third-order valence-electron chi connectivity index (χ3n) is 3.11. The molecule has 0 aliphatic carbocycles. The van der Waals surface area contributed by atoms with Crippen LogP contribution in [0.25, 0.3) is 6.08 Å². The Morgan fingerprint density at radius 2 is 1.78 bits per heavy atom. The van der Waals surface area contributed by atoms with Crippen LogP contribution in [0.2, 0.25) is 0 Å². The van der Waals surface area contributed by atoms with Gasteiger partial charge in [0.2, 0.25) is 0 Å². The average molecular weight is 334 g/mol. The summed E-state index contributed by atoms with van der Waals surface area (Å²) in [4.78, 5) is 0.0782. The summed E-state index contributed by atoms with van der Waals surface area (Å²) in [6.45, 7) is 1.79. The van der Waals surface area contributed by atoms with E-state index < -0.39 is 10.1 Å². The first-order chi connectivity index (χ1) is 11.0. The molecule has 0 bridgehead atoms. The second-order valence-corrected chi connectivity index (χ2v) is 6.39. The topological polar surface area (TPSA) is 72.8 Å². The van der Waals surface area contributed by atoms with E-state index in [-0.39, 0.29) is 17.3 Å². The average Bonchev–Trinajstić information content (AvgIpc) is 2.54. The highest BCUT2D eigenvalue weighted by molar-refractivity contribution is 7.87. The predicted molar refractivity (Wildman–Crippen MR) is 88.1 cm³/mol. The normalized spacial score (nSPS) is 11.6. The molecular formula is C17H18O5S. The molecule has 0 aromatic heterocycles. The molecule has 0 aliphatic heterocycles. The van der Waals surface area contributed by atoms with Crippen molar-refractivity contribution in [3.63, 3.8) is 0 Å². The summed E-state index contributed by atoms with van der Waals surface area (Å²) >= 11 is 0. The lowest BCUT2D eigenvalue weighted by Crippen LogP contribution is -2.10. The fraction of sp³-hybridized carbons (Fsp3) is 0.176. The molecule has 0 saturated heterocycles. The Morgan fingerprint density at radius 3 is 2.39 bits per heavy atom. The molecule has 0 atom stereocenters. The molecule has 2 aromatic rings. The van der Waals surface area contributed by atoms with E-state index in [9.17, 15) is 8.42 Å². The van der Waals surface area contributed by atoms with Crippen molar-refractivity contribution >= 4 is 16.2 Å². The fourth-order valence-corrected chi connectivity index (χ4v) is 2.86. The second kappa shape index (κ2) is 7.30. The third-order valence-corrected chi connectivity index (χ3v) is 4.36. The SMILES string of the molecule is COc1cc(/C=C/CO)ccc1OS(=O)(=O)c1ccc(C)cc1. The van der Waals surface area contributed by atoms with E-state index in [2.05, 4.69) is 0 Å². The number of hydrogen-bond acceptors (Lipinski definition) is 5. The first-order valence-corrected chi connectivity index (χ1v) is 8.33. The lowest BCUT2D eigenvalue weighted by molar-refractivity contribution is 0.343. The summed E-state index contributed by atoms with van der Waals surface area (Å²) in [6.07, 6.45) is 3.26. The molecule has 5 nitrogen and oxygen atoms in total. The van der Waals surface area contributed by atoms with Crippen molar-refractivity contribution in [1.82, 2.24) is 0 Å². The lowest BCUT2D eigenvalue weighted by atomic mass is 10.2. The standard InChI is InChI=1S/C17H18O5S/c1-13-5-8-15(9-6-13)23(19,20)22-16-10-7-14(4-3-11-18)12-17(16)21-2/h3-10,12,18H,11H2,1-2H3/b4-3+. The molecule has 0 amide bonds. The smallest absolute Gasteiger partial charge is 0.339 e. The maximum Gasteiger partial charge on any atom is 0.339 e. The number of rotatable bonds is 6. The largest absolute Gasteiger partial charge is 0.493 e. The van der Waals surface area contributed by atoms with Gasteiger partial charge in [-0.25, -0.2) is 0 Å². The van der Waals surface area contributed by atoms with E-state index in [1.165, 1.54) is 25.3 Å². The lowest BCUT2D eigenvalue weighted by Gasteiger charge is -2.11. The molecular weight excluding hydrogens is 316 g/mol. The van der Waals surface area contributed by atoms with Crippen LogP contribution in [0.3, 0.4) is 0 Å². The van der Waals surface area contributed by atoms with Gasteiger partial charge in [0.1, 0.15) is 4.90 Å². The molecule has 122 valence electrons. The Morgan fingerprint density at radius 1 is 1.09 bits per heavy atom. The molecule has 1 N–H and O–H groups in total. The summed E-state index contributed by atoms with van der Waals surface area (Å²) in [7, 11) is -2.50. The number of aliphatic hydroxyl groups is 1. The number of hydrogen-bond donors (Lipinski definition) is 1. The van der Waals surface area contributed by atoms with Gasteiger partial charge in [-0.15, -0.1) is 0 Å². The van der Waals surface area contributed by atoms with Gasteiger partial charge in [0.15, 0.2) is 11.5 Å². The van der Waals surface area contributed by atoms with Gasteiger partial charge in [-0.05, 0) is 36.8 Å². The Hall–Kier alpha value is -2.31. The highest BCUT2D eigenvalue weighted by atomic mass is 32.2. The van der Waals surface area contributed by atoms with Gasteiger partial charge in [-0.1, -0.05) is 35.9 Å². The van der Waals surface area contributed by atoms with Crippen molar-refractivity contribution in [2.75, 3.05) is 13.7 Å². The number of ether oxygens (including phenoxy) is 1. The molecule has 2 rings (SSSR count). The van der Waals surface area contributed by atoms with E-state index >= 15 is 0 Å². The van der Waals surface area contributed by atoms with Crippen LogP contribution in [0.4, 0.5) is 0 Å². The van der Waals surface area contributed by atoms with Gasteiger partial charge < -0.3 is 14.0 Å². The van der Waals surface area contributed by atoms with Crippen molar-refractivity contribution in [2.24, 2.45) is 0 Å². The Balaban J connectivity index is 2.31. The fourth-order valence-electron chi connectivity index (χ4n) is 1.92. The minimum atomic E-state index is -3.93. The summed E-state index contributed by atoms with van der Waals surface area (Å²) in [5.74, 6) is 0.398. The van der Waals surface area contributed by atoms with Crippen LogP contribution in [0.1, 0.15) is 11.1 Å². The summed E-state index contributed by atoms with van der Waals surface area (Å²) in [5, 5.41) is 8.78. The quantitative estimate of drug-likeness (QED) is 0.822. The molecule has 6 heteroatoms. The molecule has 0 spiro atoms. The molecule has 2 aromatic carbocycles. The van der Waals surface area contributed by atoms with Gasteiger partial charge in [0, 0.05) is 0 Å². The molecule has 0 radical (unpaired) electrons. The maximum atomic E-state index is 12.3. The Labute approximate surface area is 135 Å². The van der Waals surface area contributed by atoms with E-state index in [1.54, 1.807) is 36.4 Å².